The minimum atomic E-state index is 0.150. The first kappa shape index (κ1) is 7.08. The lowest BCUT2D eigenvalue weighted by Gasteiger charge is -2.30. The van der Waals surface area contributed by atoms with Gasteiger partial charge in [-0.2, -0.15) is 0 Å². The molecule has 0 radical (unpaired) electrons. The van der Waals surface area contributed by atoms with Gasteiger partial charge in [0.1, 0.15) is 9.84 Å². The van der Waals surface area contributed by atoms with Gasteiger partial charge in [-0.25, -0.2) is 0 Å². The summed E-state index contributed by atoms with van der Waals surface area (Å²) in [5, 5.41) is 0. The summed E-state index contributed by atoms with van der Waals surface area (Å²) in [6, 6.07) is 0. The van der Waals surface area contributed by atoms with E-state index in [9.17, 15) is 0 Å². The summed E-state index contributed by atoms with van der Waals surface area (Å²) in [5.41, 5.74) is 0. The van der Waals surface area contributed by atoms with Gasteiger partial charge in [-0.15, -0.1) is 0 Å². The van der Waals surface area contributed by atoms with Crippen LogP contribution in [-0.2, 0) is 0 Å². The zero-order valence-corrected chi connectivity index (χ0v) is 13.8. The van der Waals surface area contributed by atoms with Crippen LogP contribution in [0, 0.1) is 0 Å². The molecule has 1 aliphatic rings. The number of hydrogen-bond donors (Lipinski definition) is 1. The van der Waals surface area contributed by atoms with Crippen LogP contribution < -0.4 is 4.65 Å². The van der Waals surface area contributed by atoms with E-state index in [2.05, 4.69) is 12.4 Å². The van der Waals surface area contributed by atoms with Crippen molar-refractivity contribution in [2.24, 2.45) is 0 Å². The lowest BCUT2D eigenvalue weighted by atomic mass is 13.7. The highest BCUT2D eigenvalue weighted by Crippen LogP contribution is 1.80. The predicted octanol–water partition coefficient (Wildman–Crippen LogP) is -6.25. The molecule has 0 atom stereocenters. The molecule has 1 aliphatic heterocycles. The summed E-state index contributed by atoms with van der Waals surface area (Å²) < 4.78 is 9.04. The maximum atomic E-state index is 3.62. The SMILES string of the molecule is [SiH3]N1[SiH2]N[SiH2]N([SiH3])[SiH2]1. The van der Waals surface area contributed by atoms with Crippen molar-refractivity contribution in [1.29, 1.82) is 0 Å². The second-order valence-electron chi connectivity index (χ2n) is 2.42. The maximum absolute atomic E-state index is 3.62. The fraction of sp³-hybridized carbons (Fsp3) is 0. The van der Waals surface area contributed by atoms with Crippen LogP contribution in [0.5, 0.6) is 0 Å². The summed E-state index contributed by atoms with van der Waals surface area (Å²) in [4.78, 5) is 0. The highest BCUT2D eigenvalue weighted by Gasteiger charge is 2.08. The van der Waals surface area contributed by atoms with E-state index in [0.717, 1.165) is 0 Å². The number of nitrogens with one attached hydrogen (secondary N) is 1. The number of nitrogens with zero attached hydrogens (tertiary/aromatic N) is 2. The first-order valence-electron chi connectivity index (χ1n) is 2.87. The van der Waals surface area contributed by atoms with E-state index in [1.807, 2.05) is 0 Å². The molecule has 0 bridgehead atoms. The Kier molecular flexibility index (Phi) is 2.84. The molecule has 0 aromatic rings. The Balaban J connectivity index is 2.23. The smallest absolute Gasteiger partial charge is 0.150 e. The average Bonchev–Trinajstić information content (AvgIpc) is 1.64. The summed E-state index contributed by atoms with van der Waals surface area (Å²) in [5.74, 6) is 0. The van der Waals surface area contributed by atoms with Crippen LogP contribution >= 0.6 is 0 Å². The molecule has 1 fully saturated rings. The van der Waals surface area contributed by atoms with Crippen molar-refractivity contribution in [3.8, 4) is 0 Å². The normalized spacial score (nSPS) is 36.0. The molecule has 1 rings (SSSR count). The fourth-order valence-electron chi connectivity index (χ4n) is 0.944. The van der Waals surface area contributed by atoms with Gasteiger partial charge in [0, 0.05) is 0 Å². The zero-order valence-electron chi connectivity index (χ0n) is 5.52. The van der Waals surface area contributed by atoms with Crippen LogP contribution in [0.3, 0.4) is 0 Å². The van der Waals surface area contributed by atoms with Crippen molar-refractivity contribution in [2.75, 3.05) is 0 Å². The van der Waals surface area contributed by atoms with Gasteiger partial charge in [0.05, 0.1) is 20.8 Å². The molecule has 0 aromatic carbocycles. The van der Waals surface area contributed by atoms with Crippen molar-refractivity contribution in [3.05, 3.63) is 0 Å². The van der Waals surface area contributed by atoms with Gasteiger partial charge < -0.3 is 12.4 Å². The van der Waals surface area contributed by atoms with Crippen LogP contribution in [0.25, 0.3) is 0 Å². The molecule has 1 saturated heterocycles. The van der Waals surface area contributed by atoms with Crippen LogP contribution in [0.1, 0.15) is 0 Å². The van der Waals surface area contributed by atoms with Crippen molar-refractivity contribution in [1.82, 2.24) is 12.4 Å². The second kappa shape index (κ2) is 3.21. The Morgan fingerprint density at radius 1 is 1.12 bits per heavy atom. The lowest BCUT2D eigenvalue weighted by Crippen LogP contribution is -2.57. The molecule has 48 valence electrons. The number of hydrogen-bond acceptors (Lipinski definition) is 3. The van der Waals surface area contributed by atoms with Gasteiger partial charge in [0.15, 0.2) is 19.7 Å². The Hall–Kier alpha value is 0.964. The summed E-state index contributed by atoms with van der Waals surface area (Å²) in [6.45, 7) is 0. The molecule has 0 aromatic heterocycles. The third-order valence-corrected chi connectivity index (χ3v) is 11.2. The summed E-state index contributed by atoms with van der Waals surface area (Å²) in [6.07, 6.45) is 0. The summed E-state index contributed by atoms with van der Waals surface area (Å²) in [7, 11) is 3.18. The average molecular weight is 196 g/mol. The lowest BCUT2D eigenvalue weighted by molar-refractivity contribution is 0.913. The van der Waals surface area contributed by atoms with E-state index < -0.39 is 0 Å². The van der Waals surface area contributed by atoms with Gasteiger partial charge >= 0.3 is 0 Å². The third-order valence-electron chi connectivity index (χ3n) is 1.25. The molecule has 1 heterocycles. The van der Waals surface area contributed by atoms with Gasteiger partial charge in [-0.1, -0.05) is 0 Å². The van der Waals surface area contributed by atoms with Gasteiger partial charge in [0.2, 0.25) is 0 Å². The molecular formula is H13N3Si5. The van der Waals surface area contributed by atoms with E-state index >= 15 is 0 Å². The van der Waals surface area contributed by atoms with Crippen LogP contribution in [0.15, 0.2) is 0 Å². The van der Waals surface area contributed by atoms with Crippen LogP contribution in [-0.4, -0.2) is 58.1 Å². The second-order valence-corrected chi connectivity index (χ2v) is 19.0. The maximum Gasteiger partial charge on any atom is 0.150 e. The summed E-state index contributed by atoms with van der Waals surface area (Å²) >= 11 is 0. The Morgan fingerprint density at radius 3 is 1.88 bits per heavy atom. The molecule has 0 unspecified atom stereocenters. The Labute approximate surface area is 63.1 Å². The quantitative estimate of drug-likeness (QED) is 0.388. The van der Waals surface area contributed by atoms with E-state index in [-0.39, 0.29) is 29.5 Å². The molecule has 8 heteroatoms. The topological polar surface area (TPSA) is 18.5 Å². The fourth-order valence-corrected chi connectivity index (χ4v) is 22.8. The molecular weight excluding hydrogens is 182 g/mol. The molecule has 0 spiro atoms. The highest BCUT2D eigenvalue weighted by atomic mass is 28.4. The van der Waals surface area contributed by atoms with E-state index in [4.69, 9.17) is 0 Å². The van der Waals surface area contributed by atoms with Crippen molar-refractivity contribution >= 4 is 50.3 Å². The molecule has 8 heavy (non-hydrogen) atoms. The molecule has 1 N–H and O–H groups in total. The highest BCUT2D eigenvalue weighted by molar-refractivity contribution is 6.74. The predicted molar refractivity (Wildman–Crippen MR) is 52.3 cm³/mol. The Bertz CT molecular complexity index is 66.1. The first-order valence-corrected chi connectivity index (χ1v) is 8.60. The van der Waals surface area contributed by atoms with E-state index in [0.29, 0.717) is 0 Å². The monoisotopic (exact) mass is 195 g/mol. The van der Waals surface area contributed by atoms with Crippen LogP contribution in [0.4, 0.5) is 0 Å². The third kappa shape index (κ3) is 2.06. The first-order chi connectivity index (χ1) is 3.79. The van der Waals surface area contributed by atoms with Crippen LogP contribution in [0.2, 0.25) is 0 Å². The molecule has 0 amide bonds. The van der Waals surface area contributed by atoms with Crippen molar-refractivity contribution in [2.45, 2.75) is 0 Å². The number of rotatable bonds is 0. The minimum absolute atomic E-state index is 0.150. The zero-order chi connectivity index (χ0) is 5.98. The van der Waals surface area contributed by atoms with E-state index in [1.54, 1.807) is 0 Å². The molecule has 0 saturated carbocycles. The molecule has 0 aliphatic carbocycles. The standard InChI is InChI=1S/H13N3Si5/c4-2-6-1-7-3(5)8-2/h1H,6-8H2,4-5H3. The van der Waals surface area contributed by atoms with Gasteiger partial charge in [0.25, 0.3) is 0 Å². The molecule has 3 nitrogen and oxygen atoms in total. The largest absolute Gasteiger partial charge is 0.362 e. The minimum Gasteiger partial charge on any atom is -0.362 e. The van der Waals surface area contributed by atoms with E-state index in [1.165, 1.54) is 20.8 Å². The Morgan fingerprint density at radius 2 is 1.62 bits per heavy atom. The van der Waals surface area contributed by atoms with Crippen molar-refractivity contribution < 1.29 is 0 Å². The van der Waals surface area contributed by atoms with Gasteiger partial charge in [-0.05, 0) is 0 Å². The van der Waals surface area contributed by atoms with Crippen molar-refractivity contribution in [3.63, 3.8) is 0 Å². The van der Waals surface area contributed by atoms with Gasteiger partial charge in [-0.3, -0.25) is 0 Å².